The van der Waals surface area contributed by atoms with E-state index in [9.17, 15) is 19.5 Å². The van der Waals surface area contributed by atoms with Crippen molar-refractivity contribution >= 4 is 23.0 Å². The monoisotopic (exact) mass is 586 g/mol. The molecule has 0 spiro atoms. The molecule has 0 saturated carbocycles. The van der Waals surface area contributed by atoms with Gasteiger partial charge in [0.15, 0.2) is 5.60 Å². The van der Waals surface area contributed by atoms with E-state index in [2.05, 4.69) is 11.8 Å². The molecule has 4 aliphatic rings. The largest absolute Gasteiger partial charge is 0.458 e. The number of aliphatic hydroxyl groups is 1. The van der Waals surface area contributed by atoms with E-state index in [0.717, 1.165) is 37.9 Å². The van der Waals surface area contributed by atoms with E-state index < -0.39 is 11.6 Å². The third kappa shape index (κ3) is 4.53. The van der Waals surface area contributed by atoms with Crippen molar-refractivity contribution < 1.29 is 24.2 Å². The van der Waals surface area contributed by atoms with E-state index in [1.165, 1.54) is 19.3 Å². The van der Waals surface area contributed by atoms with Crippen LogP contribution in [-0.2, 0) is 28.3 Å². The maximum absolute atomic E-state index is 13.5. The second-order valence-corrected chi connectivity index (χ2v) is 12.3. The van der Waals surface area contributed by atoms with Gasteiger partial charge >= 0.3 is 12.1 Å². The minimum absolute atomic E-state index is 0.0866. The molecule has 3 unspecified atom stereocenters. The Morgan fingerprint density at radius 3 is 2.72 bits per heavy atom. The number of aromatic nitrogens is 2. The van der Waals surface area contributed by atoms with Gasteiger partial charge in [0.2, 0.25) is 0 Å². The molecule has 7 rings (SSSR count). The van der Waals surface area contributed by atoms with Gasteiger partial charge in [-0.3, -0.25) is 4.79 Å². The normalized spacial score (nSPS) is 25.2. The first-order valence-electron chi connectivity index (χ1n) is 15.6. The smallest absolute Gasteiger partial charge is 0.415 e. The van der Waals surface area contributed by atoms with Gasteiger partial charge in [0.25, 0.3) is 5.56 Å². The van der Waals surface area contributed by atoms with Crippen LogP contribution in [0, 0.1) is 0 Å². The van der Waals surface area contributed by atoms with Crippen molar-refractivity contribution in [3.8, 4) is 17.1 Å². The molecule has 2 aromatic heterocycles. The average Bonchev–Trinajstić information content (AvgIpc) is 3.40. The van der Waals surface area contributed by atoms with Crippen LogP contribution >= 0.6 is 0 Å². The number of fused-ring (bicyclic) bond motifs is 5. The Balaban J connectivity index is 1.17. The molecule has 3 aromatic rings. The molecular formula is C33H38N4O6. The summed E-state index contributed by atoms with van der Waals surface area (Å²) in [4.78, 5) is 48.9. The highest BCUT2D eigenvalue weighted by Gasteiger charge is 2.45. The number of benzene rings is 1. The summed E-state index contributed by atoms with van der Waals surface area (Å²) in [6.45, 7) is 6.92. The van der Waals surface area contributed by atoms with E-state index in [-0.39, 0.29) is 48.4 Å². The van der Waals surface area contributed by atoms with E-state index in [1.807, 2.05) is 23.1 Å². The zero-order chi connectivity index (χ0) is 29.9. The maximum atomic E-state index is 13.5. The molecule has 0 radical (unpaired) electrons. The number of cyclic esters (lactones) is 1. The molecule has 4 aliphatic heterocycles. The highest BCUT2D eigenvalue weighted by molar-refractivity contribution is 5.91. The topological polar surface area (TPSA) is 114 Å². The number of pyridine rings is 2. The minimum atomic E-state index is -1.87. The van der Waals surface area contributed by atoms with Crippen LogP contribution < -0.4 is 10.3 Å². The lowest BCUT2D eigenvalue weighted by molar-refractivity contribution is -0.172. The fourth-order valence-electron chi connectivity index (χ4n) is 7.49. The van der Waals surface area contributed by atoms with Crippen LogP contribution in [0.25, 0.3) is 22.3 Å². The van der Waals surface area contributed by atoms with Gasteiger partial charge in [-0.15, -0.1) is 0 Å². The number of carbonyl (C=O) groups excluding carboxylic acids is 2. The first-order valence-corrected chi connectivity index (χ1v) is 15.6. The number of ether oxygens (including phenoxy) is 2. The Bertz CT molecular complexity index is 1680. The predicted molar refractivity (Wildman–Crippen MR) is 160 cm³/mol. The van der Waals surface area contributed by atoms with Gasteiger partial charge in [-0.2, -0.15) is 0 Å². The summed E-state index contributed by atoms with van der Waals surface area (Å²) in [5.41, 5.74) is 0.983. The summed E-state index contributed by atoms with van der Waals surface area (Å²) in [7, 11) is 0. The third-order valence-corrected chi connectivity index (χ3v) is 10.0. The number of amides is 1. The van der Waals surface area contributed by atoms with Crippen molar-refractivity contribution in [2.24, 2.45) is 0 Å². The number of likely N-dealkylation sites (tertiary alicyclic amines) is 2. The zero-order valence-electron chi connectivity index (χ0n) is 24.8. The van der Waals surface area contributed by atoms with Gasteiger partial charge in [-0.25, -0.2) is 14.6 Å². The van der Waals surface area contributed by atoms with E-state index in [1.54, 1.807) is 23.6 Å². The highest BCUT2D eigenvalue weighted by atomic mass is 16.6. The Labute approximate surface area is 250 Å². The molecule has 2 fully saturated rings. The molecule has 10 heteroatoms. The van der Waals surface area contributed by atoms with Crippen LogP contribution in [0.4, 0.5) is 4.79 Å². The quantitative estimate of drug-likeness (QED) is 0.352. The predicted octanol–water partition coefficient (Wildman–Crippen LogP) is 4.31. The molecule has 0 bridgehead atoms. The van der Waals surface area contributed by atoms with Crippen LogP contribution in [-0.4, -0.2) is 68.2 Å². The van der Waals surface area contributed by atoms with Crippen LogP contribution in [0.1, 0.15) is 75.5 Å². The molecular weight excluding hydrogens is 548 g/mol. The summed E-state index contributed by atoms with van der Waals surface area (Å²) >= 11 is 0. The van der Waals surface area contributed by atoms with Crippen molar-refractivity contribution in [2.45, 2.75) is 89.6 Å². The molecule has 1 aromatic carbocycles. The van der Waals surface area contributed by atoms with Crippen LogP contribution in [0.15, 0.2) is 35.1 Å². The van der Waals surface area contributed by atoms with Gasteiger partial charge < -0.3 is 28.9 Å². The second-order valence-electron chi connectivity index (χ2n) is 12.3. The minimum Gasteiger partial charge on any atom is -0.458 e. The standard InChI is InChI=1S/C33H38N4O6/c1-3-21-16-22(35-12-6-5-7-13-35)11-14-36(21)32(40)43-28-10-8-9-26-23(28)15-20-18-37-27(29(20)34-26)17-25-24(30(37)38)19-42-31(39)33(25,41)4-2/h8-10,15,17,21-22,41H,3-7,11-14,16,18-19H2,1-2H3. The first-order chi connectivity index (χ1) is 20.8. The molecule has 226 valence electrons. The number of piperidine rings is 2. The van der Waals surface area contributed by atoms with Crippen molar-refractivity contribution in [1.29, 1.82) is 0 Å². The molecule has 10 nitrogen and oxygen atoms in total. The zero-order valence-corrected chi connectivity index (χ0v) is 24.8. The molecule has 2 saturated heterocycles. The lowest BCUT2D eigenvalue weighted by Crippen LogP contribution is -2.53. The van der Waals surface area contributed by atoms with Gasteiger partial charge in [0.05, 0.1) is 29.0 Å². The van der Waals surface area contributed by atoms with Crippen molar-refractivity contribution in [1.82, 2.24) is 19.4 Å². The Morgan fingerprint density at radius 2 is 1.95 bits per heavy atom. The molecule has 43 heavy (non-hydrogen) atoms. The van der Waals surface area contributed by atoms with Crippen LogP contribution in [0.3, 0.4) is 0 Å². The summed E-state index contributed by atoms with van der Waals surface area (Å²) in [5, 5.41) is 11.8. The maximum Gasteiger partial charge on any atom is 0.415 e. The van der Waals surface area contributed by atoms with Crippen molar-refractivity contribution in [3.63, 3.8) is 0 Å². The Kier molecular flexibility index (Phi) is 7.01. The average molecular weight is 587 g/mol. The molecule has 1 amide bonds. The number of hydrogen-bond donors (Lipinski definition) is 1. The summed E-state index contributed by atoms with van der Waals surface area (Å²) in [5.74, 6) is -0.309. The second kappa shape index (κ2) is 10.7. The lowest BCUT2D eigenvalue weighted by Gasteiger charge is -2.43. The van der Waals surface area contributed by atoms with E-state index >= 15 is 0 Å². The van der Waals surface area contributed by atoms with Crippen LogP contribution in [0.2, 0.25) is 0 Å². The fraction of sp³-hybridized carbons (Fsp3) is 0.515. The fourth-order valence-corrected chi connectivity index (χ4v) is 7.49. The number of carbonyl (C=O) groups is 2. The first kappa shape index (κ1) is 28.0. The van der Waals surface area contributed by atoms with Crippen LogP contribution in [0.5, 0.6) is 5.75 Å². The Hall–Kier alpha value is -3.76. The van der Waals surface area contributed by atoms with Gasteiger partial charge in [-0.05, 0) is 75.9 Å². The summed E-state index contributed by atoms with van der Waals surface area (Å²) in [6.07, 6.45) is 6.38. The third-order valence-electron chi connectivity index (χ3n) is 10.0. The molecule has 6 heterocycles. The van der Waals surface area contributed by atoms with E-state index in [0.29, 0.717) is 40.6 Å². The number of rotatable bonds is 4. The van der Waals surface area contributed by atoms with E-state index in [4.69, 9.17) is 14.5 Å². The van der Waals surface area contributed by atoms with Crippen molar-refractivity contribution in [3.05, 3.63) is 57.4 Å². The number of esters is 1. The Morgan fingerprint density at radius 1 is 1.14 bits per heavy atom. The van der Waals surface area contributed by atoms with Gasteiger partial charge in [0, 0.05) is 35.1 Å². The lowest BCUT2D eigenvalue weighted by atomic mass is 9.86. The number of hydrogen-bond acceptors (Lipinski definition) is 8. The summed E-state index contributed by atoms with van der Waals surface area (Å²) in [6, 6.07) is 9.73. The summed E-state index contributed by atoms with van der Waals surface area (Å²) < 4.78 is 12.8. The molecule has 1 N–H and O–H groups in total. The molecule has 3 atom stereocenters. The number of nitrogens with zero attached hydrogens (tertiary/aromatic N) is 4. The molecule has 0 aliphatic carbocycles. The van der Waals surface area contributed by atoms with Gasteiger partial charge in [0.1, 0.15) is 12.4 Å². The SMILES string of the molecule is CCC1CC(N2CCCCC2)CCN1C(=O)Oc1cccc2nc3c(cc12)Cn1c-3cc2c(c1=O)COC(=O)C2(O)CC. The van der Waals surface area contributed by atoms with Crippen molar-refractivity contribution in [2.75, 3.05) is 19.6 Å². The van der Waals surface area contributed by atoms with Gasteiger partial charge in [-0.1, -0.05) is 26.3 Å². The highest BCUT2D eigenvalue weighted by Crippen LogP contribution is 2.40.